The molecule has 1 fully saturated rings. The van der Waals surface area contributed by atoms with Gasteiger partial charge in [0.2, 0.25) is 0 Å². The maximum absolute atomic E-state index is 11.3. The van der Waals surface area contributed by atoms with E-state index in [-0.39, 0.29) is 12.1 Å². The summed E-state index contributed by atoms with van der Waals surface area (Å²) in [7, 11) is 0. The van der Waals surface area contributed by atoms with E-state index in [9.17, 15) is 4.79 Å². The molecule has 1 aliphatic carbocycles. The van der Waals surface area contributed by atoms with Crippen molar-refractivity contribution in [3.63, 3.8) is 0 Å². The molecular formula is C11H22N2O. The molecule has 1 saturated carbocycles. The summed E-state index contributed by atoms with van der Waals surface area (Å²) in [6.07, 6.45) is 3.90. The minimum atomic E-state index is -0.0286. The predicted octanol–water partition coefficient (Wildman–Crippen LogP) is 2.13. The number of carbonyl (C=O) groups is 1. The van der Waals surface area contributed by atoms with Crippen molar-refractivity contribution in [2.45, 2.75) is 46.1 Å². The molecule has 1 aliphatic rings. The molecule has 2 unspecified atom stereocenters. The summed E-state index contributed by atoms with van der Waals surface area (Å²) in [6.45, 7) is 7.05. The second kappa shape index (κ2) is 5.23. The largest absolute Gasteiger partial charge is 0.338 e. The van der Waals surface area contributed by atoms with E-state index in [0.29, 0.717) is 5.92 Å². The molecular weight excluding hydrogens is 176 g/mol. The first-order valence-electron chi connectivity index (χ1n) is 5.64. The lowest BCUT2D eigenvalue weighted by Gasteiger charge is -2.17. The Labute approximate surface area is 86.6 Å². The zero-order valence-corrected chi connectivity index (χ0v) is 9.47. The summed E-state index contributed by atoms with van der Waals surface area (Å²) in [4.78, 5) is 11.3. The Morgan fingerprint density at radius 1 is 1.43 bits per heavy atom. The van der Waals surface area contributed by atoms with Crippen LogP contribution >= 0.6 is 0 Å². The van der Waals surface area contributed by atoms with Crippen molar-refractivity contribution in [3.8, 4) is 0 Å². The molecule has 3 nitrogen and oxygen atoms in total. The SMILES string of the molecule is CC(C)NC(=O)NCC1CCCC1C. The van der Waals surface area contributed by atoms with Gasteiger partial charge in [-0.2, -0.15) is 0 Å². The highest BCUT2D eigenvalue weighted by atomic mass is 16.2. The highest BCUT2D eigenvalue weighted by Crippen LogP contribution is 2.30. The van der Waals surface area contributed by atoms with Crippen LogP contribution in [-0.4, -0.2) is 18.6 Å². The van der Waals surface area contributed by atoms with Gasteiger partial charge in [0.25, 0.3) is 0 Å². The third kappa shape index (κ3) is 3.56. The maximum atomic E-state index is 11.3. The van der Waals surface area contributed by atoms with Crippen molar-refractivity contribution in [3.05, 3.63) is 0 Å². The number of carbonyl (C=O) groups excluding carboxylic acids is 1. The number of hydrogen-bond acceptors (Lipinski definition) is 1. The Morgan fingerprint density at radius 2 is 2.14 bits per heavy atom. The van der Waals surface area contributed by atoms with Crippen molar-refractivity contribution in [2.75, 3.05) is 6.54 Å². The van der Waals surface area contributed by atoms with Gasteiger partial charge < -0.3 is 10.6 Å². The first-order chi connectivity index (χ1) is 6.59. The first kappa shape index (κ1) is 11.3. The van der Waals surface area contributed by atoms with Crippen molar-refractivity contribution in [2.24, 2.45) is 11.8 Å². The molecule has 0 aromatic carbocycles. The van der Waals surface area contributed by atoms with Crippen LogP contribution in [-0.2, 0) is 0 Å². The Morgan fingerprint density at radius 3 is 2.64 bits per heavy atom. The Balaban J connectivity index is 2.16. The average Bonchev–Trinajstić information content (AvgIpc) is 2.46. The predicted molar refractivity (Wildman–Crippen MR) is 58.2 cm³/mol. The third-order valence-corrected chi connectivity index (χ3v) is 2.98. The Hall–Kier alpha value is -0.730. The van der Waals surface area contributed by atoms with Crippen LogP contribution in [0.1, 0.15) is 40.0 Å². The molecule has 3 heteroatoms. The minimum Gasteiger partial charge on any atom is -0.338 e. The molecule has 0 aromatic rings. The van der Waals surface area contributed by atoms with Crippen LogP contribution in [0.3, 0.4) is 0 Å². The summed E-state index contributed by atoms with van der Waals surface area (Å²) >= 11 is 0. The average molecular weight is 198 g/mol. The van der Waals surface area contributed by atoms with Gasteiger partial charge in [0, 0.05) is 12.6 Å². The quantitative estimate of drug-likeness (QED) is 0.716. The molecule has 0 aromatic heterocycles. The summed E-state index contributed by atoms with van der Waals surface area (Å²) < 4.78 is 0. The topological polar surface area (TPSA) is 41.1 Å². The summed E-state index contributed by atoms with van der Waals surface area (Å²) in [5.41, 5.74) is 0. The van der Waals surface area contributed by atoms with Gasteiger partial charge >= 0.3 is 6.03 Å². The Bertz CT molecular complexity index is 192. The second-order valence-electron chi connectivity index (χ2n) is 4.68. The van der Waals surface area contributed by atoms with Crippen molar-refractivity contribution in [1.29, 1.82) is 0 Å². The lowest BCUT2D eigenvalue weighted by atomic mass is 9.98. The maximum Gasteiger partial charge on any atom is 0.314 e. The fourth-order valence-electron chi connectivity index (χ4n) is 2.06. The molecule has 82 valence electrons. The normalized spacial score (nSPS) is 26.6. The van der Waals surface area contributed by atoms with Crippen molar-refractivity contribution >= 4 is 6.03 Å². The van der Waals surface area contributed by atoms with Gasteiger partial charge in [0.15, 0.2) is 0 Å². The van der Waals surface area contributed by atoms with Crippen LogP contribution < -0.4 is 10.6 Å². The fraction of sp³-hybridized carbons (Fsp3) is 0.909. The molecule has 0 heterocycles. The Kier molecular flexibility index (Phi) is 4.23. The van der Waals surface area contributed by atoms with E-state index >= 15 is 0 Å². The number of amides is 2. The van der Waals surface area contributed by atoms with E-state index in [1.807, 2.05) is 13.8 Å². The third-order valence-electron chi connectivity index (χ3n) is 2.98. The van der Waals surface area contributed by atoms with Gasteiger partial charge in [0.1, 0.15) is 0 Å². The van der Waals surface area contributed by atoms with Crippen LogP contribution in [0, 0.1) is 11.8 Å². The van der Waals surface area contributed by atoms with Gasteiger partial charge in [-0.15, -0.1) is 0 Å². The van der Waals surface area contributed by atoms with Gasteiger partial charge in [-0.3, -0.25) is 0 Å². The molecule has 0 bridgehead atoms. The van der Waals surface area contributed by atoms with E-state index < -0.39 is 0 Å². The molecule has 1 rings (SSSR count). The molecule has 0 radical (unpaired) electrons. The minimum absolute atomic E-state index is 0.0286. The summed E-state index contributed by atoms with van der Waals surface area (Å²) in [5, 5.41) is 5.77. The first-order valence-corrected chi connectivity index (χ1v) is 5.64. The van der Waals surface area contributed by atoms with E-state index in [1.54, 1.807) is 0 Å². The van der Waals surface area contributed by atoms with Crippen LogP contribution in [0.2, 0.25) is 0 Å². The van der Waals surface area contributed by atoms with Gasteiger partial charge in [-0.25, -0.2) is 4.79 Å². The van der Waals surface area contributed by atoms with Crippen molar-refractivity contribution in [1.82, 2.24) is 10.6 Å². The van der Waals surface area contributed by atoms with Gasteiger partial charge in [-0.1, -0.05) is 19.8 Å². The highest BCUT2D eigenvalue weighted by Gasteiger charge is 2.23. The van der Waals surface area contributed by atoms with Gasteiger partial charge in [-0.05, 0) is 32.1 Å². The van der Waals surface area contributed by atoms with Gasteiger partial charge in [0.05, 0.1) is 0 Å². The van der Waals surface area contributed by atoms with Crippen LogP contribution in [0.4, 0.5) is 4.79 Å². The molecule has 2 atom stereocenters. The second-order valence-corrected chi connectivity index (χ2v) is 4.68. The number of rotatable bonds is 3. The molecule has 0 aliphatic heterocycles. The number of urea groups is 1. The van der Waals surface area contributed by atoms with E-state index in [4.69, 9.17) is 0 Å². The molecule has 2 N–H and O–H groups in total. The van der Waals surface area contributed by atoms with Crippen LogP contribution in [0.5, 0.6) is 0 Å². The lowest BCUT2D eigenvalue weighted by molar-refractivity contribution is 0.235. The highest BCUT2D eigenvalue weighted by molar-refractivity contribution is 5.74. The molecule has 0 spiro atoms. The molecule has 14 heavy (non-hydrogen) atoms. The lowest BCUT2D eigenvalue weighted by Crippen LogP contribution is -2.41. The van der Waals surface area contributed by atoms with E-state index in [0.717, 1.165) is 12.5 Å². The smallest absolute Gasteiger partial charge is 0.314 e. The fourth-order valence-corrected chi connectivity index (χ4v) is 2.06. The zero-order valence-electron chi connectivity index (χ0n) is 9.47. The van der Waals surface area contributed by atoms with Crippen molar-refractivity contribution < 1.29 is 4.79 Å². The van der Waals surface area contributed by atoms with E-state index in [1.165, 1.54) is 19.3 Å². The standard InChI is InChI=1S/C11H22N2O/c1-8(2)13-11(14)12-7-10-6-4-5-9(10)3/h8-10H,4-7H2,1-3H3,(H2,12,13,14). The summed E-state index contributed by atoms with van der Waals surface area (Å²) in [5.74, 6) is 1.46. The monoisotopic (exact) mass is 198 g/mol. The van der Waals surface area contributed by atoms with Crippen LogP contribution in [0.15, 0.2) is 0 Å². The summed E-state index contributed by atoms with van der Waals surface area (Å²) in [6, 6.07) is 0.190. The number of hydrogen-bond donors (Lipinski definition) is 2. The van der Waals surface area contributed by atoms with E-state index in [2.05, 4.69) is 17.6 Å². The zero-order chi connectivity index (χ0) is 10.6. The molecule has 0 saturated heterocycles. The number of nitrogens with one attached hydrogen (secondary N) is 2. The molecule has 2 amide bonds. The van der Waals surface area contributed by atoms with Crippen LogP contribution in [0.25, 0.3) is 0 Å².